The summed E-state index contributed by atoms with van der Waals surface area (Å²) in [5, 5.41) is 9.80. The van der Waals surface area contributed by atoms with E-state index in [0.717, 1.165) is 19.5 Å². The van der Waals surface area contributed by atoms with Gasteiger partial charge in [-0.25, -0.2) is 8.42 Å². The maximum atomic E-state index is 12.7. The molecule has 0 radical (unpaired) electrons. The van der Waals surface area contributed by atoms with Gasteiger partial charge in [-0.3, -0.25) is 5.10 Å². The first kappa shape index (κ1) is 12.1. The third kappa shape index (κ3) is 1.61. The standard InChI is InChI=1S/C11H18N4O2S/c1-7-3-9-4-12-5-10(9)15(7)18(16,17)11-6-13-14-8(11)2/h6-7,9-10,12H,3-5H2,1-2H3,(H,13,14). The van der Waals surface area contributed by atoms with Crippen molar-refractivity contribution in [1.82, 2.24) is 19.8 Å². The number of hydrogen-bond acceptors (Lipinski definition) is 4. The SMILES string of the molecule is Cc1[nH]ncc1S(=O)(=O)N1C(C)CC2CNCC21. The summed E-state index contributed by atoms with van der Waals surface area (Å²) in [6.45, 7) is 5.41. The van der Waals surface area contributed by atoms with Crippen LogP contribution in [0.3, 0.4) is 0 Å². The van der Waals surface area contributed by atoms with Crippen LogP contribution in [0.1, 0.15) is 19.0 Å². The zero-order chi connectivity index (χ0) is 12.9. The summed E-state index contributed by atoms with van der Waals surface area (Å²) in [7, 11) is -3.43. The number of nitrogens with one attached hydrogen (secondary N) is 2. The first-order valence-corrected chi connectivity index (χ1v) is 7.70. The second kappa shape index (κ2) is 4.04. The topological polar surface area (TPSA) is 78.1 Å². The largest absolute Gasteiger partial charge is 0.315 e. The Bertz CT molecular complexity index is 553. The van der Waals surface area contributed by atoms with E-state index >= 15 is 0 Å². The lowest BCUT2D eigenvalue weighted by molar-refractivity contribution is 0.335. The molecule has 2 fully saturated rings. The molecule has 0 amide bonds. The smallest absolute Gasteiger partial charge is 0.247 e. The van der Waals surface area contributed by atoms with Gasteiger partial charge in [0.15, 0.2) is 0 Å². The average molecular weight is 270 g/mol. The van der Waals surface area contributed by atoms with Crippen LogP contribution >= 0.6 is 0 Å². The molecule has 1 aromatic heterocycles. The summed E-state index contributed by atoms with van der Waals surface area (Å²) >= 11 is 0. The molecule has 0 aliphatic carbocycles. The molecule has 0 aromatic carbocycles. The lowest BCUT2D eigenvalue weighted by atomic mass is 10.0. The molecule has 1 aromatic rings. The third-order valence-corrected chi connectivity index (χ3v) is 6.20. The van der Waals surface area contributed by atoms with Gasteiger partial charge >= 0.3 is 0 Å². The Kier molecular flexibility index (Phi) is 2.72. The minimum atomic E-state index is -3.43. The van der Waals surface area contributed by atoms with Gasteiger partial charge in [0.2, 0.25) is 10.0 Å². The first-order valence-electron chi connectivity index (χ1n) is 6.26. The monoisotopic (exact) mass is 270 g/mol. The minimum absolute atomic E-state index is 0.0707. The van der Waals surface area contributed by atoms with E-state index in [2.05, 4.69) is 15.5 Å². The van der Waals surface area contributed by atoms with E-state index in [1.165, 1.54) is 6.20 Å². The van der Waals surface area contributed by atoms with Crippen molar-refractivity contribution in [2.45, 2.75) is 37.2 Å². The Hall–Kier alpha value is -0.920. The Labute approximate surface area is 107 Å². The number of hydrogen-bond donors (Lipinski definition) is 2. The fraction of sp³-hybridized carbons (Fsp3) is 0.727. The van der Waals surface area contributed by atoms with Gasteiger partial charge < -0.3 is 5.32 Å². The van der Waals surface area contributed by atoms with E-state index in [9.17, 15) is 8.42 Å². The highest BCUT2D eigenvalue weighted by Crippen LogP contribution is 2.36. The molecule has 3 atom stereocenters. The van der Waals surface area contributed by atoms with Crippen LogP contribution in [-0.4, -0.2) is 48.1 Å². The van der Waals surface area contributed by atoms with Gasteiger partial charge in [-0.15, -0.1) is 0 Å². The summed E-state index contributed by atoms with van der Waals surface area (Å²) in [5.41, 5.74) is 0.608. The van der Waals surface area contributed by atoms with E-state index in [0.29, 0.717) is 16.5 Å². The van der Waals surface area contributed by atoms with Crippen LogP contribution in [0.2, 0.25) is 0 Å². The molecule has 0 saturated carbocycles. The summed E-state index contributed by atoms with van der Waals surface area (Å²) < 4.78 is 27.1. The van der Waals surface area contributed by atoms with Crippen LogP contribution in [0.4, 0.5) is 0 Å². The van der Waals surface area contributed by atoms with Crippen LogP contribution < -0.4 is 5.32 Å². The number of fused-ring (bicyclic) bond motifs is 1. The van der Waals surface area contributed by atoms with E-state index in [4.69, 9.17) is 0 Å². The predicted octanol–water partition coefficient (Wildman–Crippen LogP) is 0.0890. The second-order valence-corrected chi connectivity index (χ2v) is 7.08. The molecule has 2 aliphatic heterocycles. The molecule has 3 rings (SSSR count). The molecular weight excluding hydrogens is 252 g/mol. The van der Waals surface area contributed by atoms with Gasteiger partial charge in [-0.2, -0.15) is 9.40 Å². The van der Waals surface area contributed by atoms with Crippen LogP contribution in [0.25, 0.3) is 0 Å². The lowest BCUT2D eigenvalue weighted by Crippen LogP contribution is -2.42. The molecule has 3 unspecified atom stereocenters. The maximum Gasteiger partial charge on any atom is 0.247 e. The third-order valence-electron chi connectivity index (χ3n) is 4.05. The molecule has 2 N–H and O–H groups in total. The number of aromatic amines is 1. The van der Waals surface area contributed by atoms with Crippen LogP contribution in [0.15, 0.2) is 11.1 Å². The highest BCUT2D eigenvalue weighted by atomic mass is 32.2. The van der Waals surface area contributed by atoms with Crippen LogP contribution in [0, 0.1) is 12.8 Å². The molecule has 2 saturated heterocycles. The Morgan fingerprint density at radius 1 is 1.44 bits per heavy atom. The second-order valence-electron chi connectivity index (χ2n) is 5.26. The summed E-state index contributed by atoms with van der Waals surface area (Å²) in [4.78, 5) is 0.307. The number of sulfonamides is 1. The van der Waals surface area contributed by atoms with Crippen molar-refractivity contribution in [3.63, 3.8) is 0 Å². The van der Waals surface area contributed by atoms with Crippen molar-refractivity contribution < 1.29 is 8.42 Å². The van der Waals surface area contributed by atoms with Crippen molar-refractivity contribution >= 4 is 10.0 Å². The lowest BCUT2D eigenvalue weighted by Gasteiger charge is -2.26. The van der Waals surface area contributed by atoms with E-state index in [1.807, 2.05) is 6.92 Å². The molecule has 6 nitrogen and oxygen atoms in total. The molecule has 0 bridgehead atoms. The summed E-state index contributed by atoms with van der Waals surface area (Å²) in [5.74, 6) is 0.446. The summed E-state index contributed by atoms with van der Waals surface area (Å²) in [6, 6.07) is 0.167. The van der Waals surface area contributed by atoms with E-state index in [-0.39, 0.29) is 12.1 Å². The molecule has 7 heteroatoms. The van der Waals surface area contributed by atoms with Gasteiger partial charge in [0.1, 0.15) is 4.90 Å². The Morgan fingerprint density at radius 3 is 2.89 bits per heavy atom. The zero-order valence-corrected chi connectivity index (χ0v) is 11.4. The molecule has 18 heavy (non-hydrogen) atoms. The van der Waals surface area contributed by atoms with Gasteiger partial charge in [0, 0.05) is 18.6 Å². The maximum absolute atomic E-state index is 12.7. The fourth-order valence-corrected chi connectivity index (χ4v) is 5.26. The van der Waals surface area contributed by atoms with Crippen LogP contribution in [0.5, 0.6) is 0 Å². The van der Waals surface area contributed by atoms with Gasteiger partial charge in [0.05, 0.1) is 11.9 Å². The normalized spacial score (nSPS) is 32.9. The molecular formula is C11H18N4O2S. The molecule has 3 heterocycles. The highest BCUT2D eigenvalue weighted by molar-refractivity contribution is 7.89. The van der Waals surface area contributed by atoms with E-state index < -0.39 is 10.0 Å². The van der Waals surface area contributed by atoms with Crippen LogP contribution in [-0.2, 0) is 10.0 Å². The first-order chi connectivity index (χ1) is 8.51. The average Bonchev–Trinajstić information content (AvgIpc) is 2.92. The van der Waals surface area contributed by atoms with Crippen molar-refractivity contribution in [3.8, 4) is 0 Å². The van der Waals surface area contributed by atoms with Crippen molar-refractivity contribution in [3.05, 3.63) is 11.9 Å². The number of nitrogens with zero attached hydrogens (tertiary/aromatic N) is 2. The molecule has 0 spiro atoms. The Morgan fingerprint density at radius 2 is 2.22 bits per heavy atom. The molecule has 100 valence electrons. The van der Waals surface area contributed by atoms with Crippen molar-refractivity contribution in [1.29, 1.82) is 0 Å². The van der Waals surface area contributed by atoms with Gasteiger partial charge in [-0.1, -0.05) is 0 Å². The summed E-state index contributed by atoms with van der Waals surface area (Å²) in [6.07, 6.45) is 2.35. The van der Waals surface area contributed by atoms with E-state index in [1.54, 1.807) is 11.2 Å². The van der Waals surface area contributed by atoms with Gasteiger partial charge in [-0.05, 0) is 32.7 Å². The zero-order valence-electron chi connectivity index (χ0n) is 10.5. The van der Waals surface area contributed by atoms with Gasteiger partial charge in [0.25, 0.3) is 0 Å². The number of aromatic nitrogens is 2. The fourth-order valence-electron chi connectivity index (χ4n) is 3.25. The Balaban J connectivity index is 2.01. The van der Waals surface area contributed by atoms with Crippen molar-refractivity contribution in [2.24, 2.45) is 5.92 Å². The number of rotatable bonds is 2. The highest BCUT2D eigenvalue weighted by Gasteiger charge is 2.48. The number of aryl methyl sites for hydroxylation is 1. The quantitative estimate of drug-likeness (QED) is 0.798. The predicted molar refractivity (Wildman–Crippen MR) is 66.6 cm³/mol. The molecule has 2 aliphatic rings. The minimum Gasteiger partial charge on any atom is -0.315 e. The van der Waals surface area contributed by atoms with Crippen molar-refractivity contribution in [2.75, 3.05) is 13.1 Å². The number of H-pyrrole nitrogens is 1.